The van der Waals surface area contributed by atoms with E-state index in [4.69, 9.17) is 16.0 Å². The van der Waals surface area contributed by atoms with Crippen LogP contribution < -0.4 is 10.2 Å². The number of piperazine rings is 1. The van der Waals surface area contributed by atoms with Gasteiger partial charge in [0, 0.05) is 13.1 Å². The third-order valence-electron chi connectivity index (χ3n) is 2.08. The van der Waals surface area contributed by atoms with Crippen molar-refractivity contribution >= 4 is 23.5 Å². The maximum Gasteiger partial charge on any atom is 0.318 e. The van der Waals surface area contributed by atoms with E-state index in [1.807, 2.05) is 0 Å². The minimum atomic E-state index is -0.315. The molecule has 1 saturated heterocycles. The van der Waals surface area contributed by atoms with E-state index in [1.165, 1.54) is 0 Å². The van der Waals surface area contributed by atoms with Crippen molar-refractivity contribution in [2.75, 3.05) is 24.5 Å². The number of hydrogen-bond donors (Lipinski definition) is 1. The molecule has 0 bridgehead atoms. The molecule has 1 N–H and O–H groups in total. The SMILES string of the molecule is CC(Cl)c1nnc(N2CCNC(=O)C2)o1. The summed E-state index contributed by atoms with van der Waals surface area (Å²) in [4.78, 5) is 12.8. The lowest BCUT2D eigenvalue weighted by Crippen LogP contribution is -2.47. The van der Waals surface area contributed by atoms with Gasteiger partial charge in [-0.3, -0.25) is 4.79 Å². The summed E-state index contributed by atoms with van der Waals surface area (Å²) in [7, 11) is 0. The van der Waals surface area contributed by atoms with Crippen LogP contribution in [0.3, 0.4) is 0 Å². The standard InChI is InChI=1S/C8H11ClN4O2/c1-5(9)7-11-12-8(15-7)13-3-2-10-6(14)4-13/h5H,2-4H2,1H3,(H,10,14). The maximum atomic E-state index is 11.1. The number of nitrogens with one attached hydrogen (secondary N) is 1. The first-order valence-corrected chi connectivity index (χ1v) is 5.09. The van der Waals surface area contributed by atoms with E-state index in [0.717, 1.165) is 0 Å². The fraction of sp³-hybridized carbons (Fsp3) is 0.625. The number of carbonyl (C=O) groups is 1. The van der Waals surface area contributed by atoms with Crippen LogP contribution in [0.4, 0.5) is 6.01 Å². The maximum absolute atomic E-state index is 11.1. The molecule has 0 radical (unpaired) electrons. The predicted octanol–water partition coefficient (Wildman–Crippen LogP) is 0.306. The number of aromatic nitrogens is 2. The molecule has 15 heavy (non-hydrogen) atoms. The summed E-state index contributed by atoms with van der Waals surface area (Å²) < 4.78 is 5.32. The molecular formula is C8H11ClN4O2. The lowest BCUT2D eigenvalue weighted by Gasteiger charge is -2.24. The molecule has 82 valence electrons. The highest BCUT2D eigenvalue weighted by Gasteiger charge is 2.22. The van der Waals surface area contributed by atoms with E-state index in [-0.39, 0.29) is 17.8 Å². The molecule has 1 unspecified atom stereocenters. The number of halogens is 1. The number of anilines is 1. The summed E-state index contributed by atoms with van der Waals surface area (Å²) in [6.45, 7) is 3.26. The summed E-state index contributed by atoms with van der Waals surface area (Å²) in [5, 5.41) is 10.0. The normalized spacial score (nSPS) is 18.8. The number of amides is 1. The van der Waals surface area contributed by atoms with Crippen LogP contribution in [0.1, 0.15) is 18.2 Å². The van der Waals surface area contributed by atoms with E-state index in [0.29, 0.717) is 25.0 Å². The second-order valence-corrected chi connectivity index (χ2v) is 3.97. The Labute approximate surface area is 91.6 Å². The number of nitrogens with zero attached hydrogens (tertiary/aromatic N) is 3. The zero-order chi connectivity index (χ0) is 10.8. The minimum absolute atomic E-state index is 0.0417. The van der Waals surface area contributed by atoms with Crippen molar-refractivity contribution in [1.82, 2.24) is 15.5 Å². The quantitative estimate of drug-likeness (QED) is 0.741. The zero-order valence-corrected chi connectivity index (χ0v) is 8.99. The van der Waals surface area contributed by atoms with Crippen molar-refractivity contribution in [3.05, 3.63) is 5.89 Å². The highest BCUT2D eigenvalue weighted by Crippen LogP contribution is 2.21. The van der Waals surface area contributed by atoms with Gasteiger partial charge in [-0.25, -0.2) is 0 Å². The Kier molecular flexibility index (Phi) is 2.77. The third-order valence-corrected chi connectivity index (χ3v) is 2.27. The second-order valence-electron chi connectivity index (χ2n) is 3.31. The number of alkyl halides is 1. The molecule has 6 nitrogen and oxygen atoms in total. The number of rotatable bonds is 2. The van der Waals surface area contributed by atoms with Crippen molar-refractivity contribution in [2.24, 2.45) is 0 Å². The van der Waals surface area contributed by atoms with Crippen LogP contribution in [-0.4, -0.2) is 35.7 Å². The van der Waals surface area contributed by atoms with Crippen molar-refractivity contribution in [2.45, 2.75) is 12.3 Å². The summed E-state index contributed by atoms with van der Waals surface area (Å²) in [6, 6.07) is 0.354. The van der Waals surface area contributed by atoms with Crippen LogP contribution in [-0.2, 0) is 4.79 Å². The Balaban J connectivity index is 2.11. The molecule has 7 heteroatoms. The predicted molar refractivity (Wildman–Crippen MR) is 53.8 cm³/mol. The van der Waals surface area contributed by atoms with Gasteiger partial charge < -0.3 is 14.6 Å². The zero-order valence-electron chi connectivity index (χ0n) is 8.23. The van der Waals surface area contributed by atoms with Crippen molar-refractivity contribution in [1.29, 1.82) is 0 Å². The van der Waals surface area contributed by atoms with E-state index in [2.05, 4.69) is 15.5 Å². The molecule has 0 saturated carbocycles. The van der Waals surface area contributed by atoms with Crippen LogP contribution in [0.5, 0.6) is 0 Å². The van der Waals surface area contributed by atoms with Crippen molar-refractivity contribution in [3.63, 3.8) is 0 Å². The van der Waals surface area contributed by atoms with Gasteiger partial charge in [0.25, 0.3) is 0 Å². The van der Waals surface area contributed by atoms with Gasteiger partial charge in [-0.2, -0.15) is 0 Å². The molecule has 1 aliphatic rings. The first kappa shape index (κ1) is 10.2. The Morgan fingerprint density at radius 2 is 2.40 bits per heavy atom. The van der Waals surface area contributed by atoms with Crippen molar-refractivity contribution < 1.29 is 9.21 Å². The minimum Gasteiger partial charge on any atom is -0.406 e. The lowest BCUT2D eigenvalue weighted by atomic mass is 10.4. The fourth-order valence-electron chi connectivity index (χ4n) is 1.32. The van der Waals surface area contributed by atoms with Gasteiger partial charge >= 0.3 is 6.01 Å². The molecule has 2 rings (SSSR count). The lowest BCUT2D eigenvalue weighted by molar-refractivity contribution is -0.120. The Morgan fingerprint density at radius 3 is 3.00 bits per heavy atom. The van der Waals surface area contributed by atoms with Gasteiger partial charge in [0.2, 0.25) is 11.8 Å². The topological polar surface area (TPSA) is 71.3 Å². The molecule has 1 aromatic rings. The van der Waals surface area contributed by atoms with E-state index in [9.17, 15) is 4.79 Å². The van der Waals surface area contributed by atoms with Crippen LogP contribution in [0.15, 0.2) is 4.42 Å². The summed E-state index contributed by atoms with van der Waals surface area (Å²) in [5.41, 5.74) is 0. The van der Waals surface area contributed by atoms with Crippen LogP contribution >= 0.6 is 11.6 Å². The molecule has 1 amide bonds. The average Bonchev–Trinajstić information content (AvgIpc) is 2.66. The first-order valence-electron chi connectivity index (χ1n) is 4.66. The largest absolute Gasteiger partial charge is 0.406 e. The molecule has 1 fully saturated rings. The van der Waals surface area contributed by atoms with E-state index >= 15 is 0 Å². The number of hydrogen-bond acceptors (Lipinski definition) is 5. The Bertz CT molecular complexity index is 365. The monoisotopic (exact) mass is 230 g/mol. The molecule has 0 aliphatic carbocycles. The van der Waals surface area contributed by atoms with Gasteiger partial charge in [0.15, 0.2) is 0 Å². The van der Waals surface area contributed by atoms with Gasteiger partial charge in [0.05, 0.1) is 0 Å². The van der Waals surface area contributed by atoms with E-state index in [1.54, 1.807) is 11.8 Å². The highest BCUT2D eigenvalue weighted by atomic mass is 35.5. The van der Waals surface area contributed by atoms with Gasteiger partial charge in [-0.15, -0.1) is 16.7 Å². The second kappa shape index (κ2) is 4.06. The summed E-state index contributed by atoms with van der Waals surface area (Å²) in [5.74, 6) is 0.331. The van der Waals surface area contributed by atoms with Gasteiger partial charge in [-0.05, 0) is 6.92 Å². The average molecular weight is 231 g/mol. The highest BCUT2D eigenvalue weighted by molar-refractivity contribution is 6.20. The van der Waals surface area contributed by atoms with Crippen molar-refractivity contribution in [3.8, 4) is 0 Å². The Hall–Kier alpha value is -1.30. The molecule has 0 aromatic carbocycles. The summed E-state index contributed by atoms with van der Waals surface area (Å²) in [6.07, 6.45) is 0. The number of carbonyl (C=O) groups excluding carboxylic acids is 1. The first-order chi connectivity index (χ1) is 7.16. The molecular weight excluding hydrogens is 220 g/mol. The summed E-state index contributed by atoms with van der Waals surface area (Å²) >= 11 is 5.79. The molecule has 1 aromatic heterocycles. The molecule has 0 spiro atoms. The third kappa shape index (κ3) is 2.20. The van der Waals surface area contributed by atoms with E-state index < -0.39 is 0 Å². The fourth-order valence-corrected chi connectivity index (χ4v) is 1.41. The van der Waals surface area contributed by atoms with Gasteiger partial charge in [-0.1, -0.05) is 5.10 Å². The van der Waals surface area contributed by atoms with Gasteiger partial charge in [0.1, 0.15) is 11.9 Å². The molecule has 2 heterocycles. The molecule has 1 aliphatic heterocycles. The molecule has 1 atom stereocenters. The van der Waals surface area contributed by atoms with Crippen LogP contribution in [0, 0.1) is 0 Å². The van der Waals surface area contributed by atoms with Crippen LogP contribution in [0.2, 0.25) is 0 Å². The van der Waals surface area contributed by atoms with Crippen LogP contribution in [0.25, 0.3) is 0 Å². The Morgan fingerprint density at radius 1 is 1.60 bits per heavy atom. The smallest absolute Gasteiger partial charge is 0.318 e.